The number of methoxy groups -OCH3 is 2. The Morgan fingerprint density at radius 1 is 0.927 bits per heavy atom. The lowest BCUT2D eigenvalue weighted by Gasteiger charge is -2.34. The summed E-state index contributed by atoms with van der Waals surface area (Å²) in [5, 5.41) is 2.95. The molecule has 3 aromatic carbocycles. The van der Waals surface area contributed by atoms with E-state index >= 15 is 0 Å². The highest BCUT2D eigenvalue weighted by Gasteiger charge is 2.34. The van der Waals surface area contributed by atoms with Gasteiger partial charge >= 0.3 is 0 Å². The number of carbonyl (C=O) groups excluding carboxylic acids is 2. The van der Waals surface area contributed by atoms with Gasteiger partial charge in [0, 0.05) is 25.1 Å². The molecule has 9 nitrogen and oxygen atoms in total. The SMILES string of the molecule is COc1ccc(OC)c(N(CC(=O)N(Cc2ccccc2C)[C@@H](Cc2ccccc2)C(=O)NC(C)C)S(C)(=O)=O)c1. The van der Waals surface area contributed by atoms with Crippen molar-refractivity contribution in [3.8, 4) is 11.5 Å². The van der Waals surface area contributed by atoms with Gasteiger partial charge < -0.3 is 19.7 Å². The molecule has 0 aromatic heterocycles. The van der Waals surface area contributed by atoms with Crippen LogP contribution in [0.3, 0.4) is 0 Å². The summed E-state index contributed by atoms with van der Waals surface area (Å²) in [5.74, 6) is -0.205. The summed E-state index contributed by atoms with van der Waals surface area (Å²) in [4.78, 5) is 29.3. The standard InChI is InChI=1S/C31H39N3O6S/c1-22(2)32-31(36)28(18-24-13-8-7-9-14-24)33(20-25-15-11-10-12-23(25)3)30(35)21-34(41(6,37)38)27-19-26(39-4)16-17-29(27)40-5/h7-17,19,22,28H,18,20-21H2,1-6H3,(H,32,36)/t28-/m0/s1. The molecule has 0 bridgehead atoms. The predicted octanol–water partition coefficient (Wildman–Crippen LogP) is 3.94. The van der Waals surface area contributed by atoms with Crippen LogP contribution in [-0.2, 0) is 32.6 Å². The van der Waals surface area contributed by atoms with Gasteiger partial charge in [0.25, 0.3) is 0 Å². The van der Waals surface area contributed by atoms with Crippen molar-refractivity contribution in [3.63, 3.8) is 0 Å². The number of rotatable bonds is 13. The number of ether oxygens (including phenoxy) is 2. The van der Waals surface area contributed by atoms with Crippen LogP contribution >= 0.6 is 0 Å². The van der Waals surface area contributed by atoms with E-state index in [0.29, 0.717) is 5.75 Å². The van der Waals surface area contributed by atoms with Gasteiger partial charge in [0.15, 0.2) is 0 Å². The quantitative estimate of drug-likeness (QED) is 0.328. The Hall–Kier alpha value is -4.05. The van der Waals surface area contributed by atoms with E-state index in [4.69, 9.17) is 9.47 Å². The fourth-order valence-corrected chi connectivity index (χ4v) is 5.34. The van der Waals surface area contributed by atoms with Crippen LogP contribution in [0.2, 0.25) is 0 Å². The molecule has 0 aliphatic carbocycles. The van der Waals surface area contributed by atoms with Crippen LogP contribution < -0.4 is 19.1 Å². The average Bonchev–Trinajstić information content (AvgIpc) is 2.93. The van der Waals surface area contributed by atoms with Gasteiger partial charge in [-0.05, 0) is 49.6 Å². The Labute approximate surface area is 243 Å². The van der Waals surface area contributed by atoms with Crippen molar-refractivity contribution in [1.29, 1.82) is 0 Å². The van der Waals surface area contributed by atoms with Crippen molar-refractivity contribution in [3.05, 3.63) is 89.5 Å². The number of anilines is 1. The van der Waals surface area contributed by atoms with Crippen molar-refractivity contribution < 1.29 is 27.5 Å². The van der Waals surface area contributed by atoms with E-state index in [1.165, 1.54) is 25.2 Å². The number of carbonyl (C=O) groups is 2. The first-order chi connectivity index (χ1) is 19.4. The molecule has 1 N–H and O–H groups in total. The summed E-state index contributed by atoms with van der Waals surface area (Å²) in [5.41, 5.74) is 2.82. The van der Waals surface area contributed by atoms with E-state index in [-0.39, 0.29) is 36.4 Å². The molecule has 0 radical (unpaired) electrons. The number of nitrogens with one attached hydrogen (secondary N) is 1. The highest BCUT2D eigenvalue weighted by Crippen LogP contribution is 2.34. The Morgan fingerprint density at radius 3 is 2.17 bits per heavy atom. The third kappa shape index (κ3) is 8.47. The van der Waals surface area contributed by atoms with Crippen LogP contribution in [0.1, 0.15) is 30.5 Å². The lowest BCUT2D eigenvalue weighted by atomic mass is 10.0. The molecule has 2 amide bonds. The lowest BCUT2D eigenvalue weighted by Crippen LogP contribution is -2.54. The van der Waals surface area contributed by atoms with E-state index in [1.54, 1.807) is 12.1 Å². The first-order valence-electron chi connectivity index (χ1n) is 13.3. The predicted molar refractivity (Wildman–Crippen MR) is 161 cm³/mol. The number of aryl methyl sites for hydroxylation is 1. The minimum atomic E-state index is -3.96. The molecule has 0 spiro atoms. The first kappa shape index (κ1) is 31.5. The Balaban J connectivity index is 2.12. The summed E-state index contributed by atoms with van der Waals surface area (Å²) in [6.45, 7) is 5.20. The van der Waals surface area contributed by atoms with Gasteiger partial charge in [-0.2, -0.15) is 0 Å². The molecule has 3 rings (SSSR count). The molecule has 0 aliphatic heterocycles. The number of amides is 2. The van der Waals surface area contributed by atoms with Crippen LogP contribution in [0.4, 0.5) is 5.69 Å². The molecular weight excluding hydrogens is 542 g/mol. The van der Waals surface area contributed by atoms with E-state index in [1.807, 2.05) is 75.4 Å². The van der Waals surface area contributed by atoms with Crippen molar-refractivity contribution in [2.75, 3.05) is 31.3 Å². The summed E-state index contributed by atoms with van der Waals surface area (Å²) < 4.78 is 37.9. The average molecular weight is 582 g/mol. The summed E-state index contributed by atoms with van der Waals surface area (Å²) in [6, 6.07) is 20.7. The molecule has 0 fully saturated rings. The Kier molecular flexibility index (Phi) is 10.8. The molecule has 220 valence electrons. The number of nitrogens with zero attached hydrogens (tertiary/aromatic N) is 2. The topological polar surface area (TPSA) is 105 Å². The third-order valence-electron chi connectivity index (χ3n) is 6.64. The molecule has 10 heteroatoms. The second-order valence-electron chi connectivity index (χ2n) is 10.1. The van der Waals surface area contributed by atoms with Crippen LogP contribution in [0.25, 0.3) is 0 Å². The number of hydrogen-bond acceptors (Lipinski definition) is 6. The summed E-state index contributed by atoms with van der Waals surface area (Å²) >= 11 is 0. The molecule has 3 aromatic rings. The molecule has 0 saturated heterocycles. The van der Waals surface area contributed by atoms with Crippen molar-refractivity contribution in [2.24, 2.45) is 0 Å². The molecular formula is C31H39N3O6S. The van der Waals surface area contributed by atoms with E-state index in [9.17, 15) is 18.0 Å². The fraction of sp³-hybridized carbons (Fsp3) is 0.355. The fourth-order valence-electron chi connectivity index (χ4n) is 4.49. The van der Waals surface area contributed by atoms with Crippen molar-refractivity contribution >= 4 is 27.5 Å². The largest absolute Gasteiger partial charge is 0.497 e. The van der Waals surface area contributed by atoms with Gasteiger partial charge in [-0.15, -0.1) is 0 Å². The van der Waals surface area contributed by atoms with Gasteiger partial charge in [0.1, 0.15) is 24.1 Å². The molecule has 41 heavy (non-hydrogen) atoms. The van der Waals surface area contributed by atoms with Gasteiger partial charge in [-0.1, -0.05) is 54.6 Å². The highest BCUT2D eigenvalue weighted by molar-refractivity contribution is 7.92. The maximum atomic E-state index is 14.2. The normalized spacial score (nSPS) is 12.0. The van der Waals surface area contributed by atoms with Crippen molar-refractivity contribution in [2.45, 2.75) is 45.8 Å². The number of hydrogen-bond donors (Lipinski definition) is 1. The Bertz CT molecular complexity index is 1440. The summed E-state index contributed by atoms with van der Waals surface area (Å²) in [7, 11) is -1.07. The minimum Gasteiger partial charge on any atom is -0.497 e. The number of benzene rings is 3. The smallest absolute Gasteiger partial charge is 0.244 e. The maximum absolute atomic E-state index is 14.2. The van der Waals surface area contributed by atoms with E-state index < -0.39 is 28.5 Å². The zero-order valence-electron chi connectivity index (χ0n) is 24.5. The zero-order valence-corrected chi connectivity index (χ0v) is 25.3. The maximum Gasteiger partial charge on any atom is 0.244 e. The molecule has 0 unspecified atom stereocenters. The van der Waals surface area contributed by atoms with Crippen LogP contribution in [0.5, 0.6) is 11.5 Å². The number of sulfonamides is 1. The van der Waals surface area contributed by atoms with Crippen LogP contribution in [0, 0.1) is 6.92 Å². The van der Waals surface area contributed by atoms with Gasteiger partial charge in [0.2, 0.25) is 21.8 Å². The lowest BCUT2D eigenvalue weighted by molar-refractivity contribution is -0.140. The zero-order chi connectivity index (χ0) is 30.2. The summed E-state index contributed by atoms with van der Waals surface area (Å²) in [6.07, 6.45) is 1.27. The third-order valence-corrected chi connectivity index (χ3v) is 7.76. The van der Waals surface area contributed by atoms with E-state index in [2.05, 4.69) is 5.32 Å². The molecule has 0 heterocycles. The monoisotopic (exact) mass is 581 g/mol. The molecule has 0 aliphatic rings. The molecule has 1 atom stereocenters. The van der Waals surface area contributed by atoms with Crippen molar-refractivity contribution in [1.82, 2.24) is 10.2 Å². The highest BCUT2D eigenvalue weighted by atomic mass is 32.2. The van der Waals surface area contributed by atoms with Crippen LogP contribution in [0.15, 0.2) is 72.8 Å². The second kappa shape index (κ2) is 14.0. The van der Waals surface area contributed by atoms with Gasteiger partial charge in [0.05, 0.1) is 26.2 Å². The second-order valence-corrected chi connectivity index (χ2v) is 12.0. The van der Waals surface area contributed by atoms with Crippen LogP contribution in [-0.4, -0.2) is 64.2 Å². The first-order valence-corrected chi connectivity index (χ1v) is 15.2. The Morgan fingerprint density at radius 2 is 1.59 bits per heavy atom. The van der Waals surface area contributed by atoms with Gasteiger partial charge in [-0.25, -0.2) is 8.42 Å². The van der Waals surface area contributed by atoms with Gasteiger partial charge in [-0.3, -0.25) is 13.9 Å². The minimum absolute atomic E-state index is 0.112. The molecule has 0 saturated carbocycles. The van der Waals surface area contributed by atoms with E-state index in [0.717, 1.165) is 27.3 Å².